The SMILES string of the molecule is CNC(=O)c1ccc(CN(Cc2ccco2)S(=O)(=O)c2ccc(C)cc2C)cc1. The number of nitrogens with zero attached hydrogens (tertiary/aromatic N) is 1. The molecule has 3 rings (SSSR count). The van der Waals surface area contributed by atoms with Gasteiger partial charge in [-0.2, -0.15) is 4.31 Å². The van der Waals surface area contributed by atoms with E-state index in [1.807, 2.05) is 13.0 Å². The molecule has 0 radical (unpaired) electrons. The molecule has 0 bridgehead atoms. The first-order valence-corrected chi connectivity index (χ1v) is 10.7. The highest BCUT2D eigenvalue weighted by atomic mass is 32.2. The van der Waals surface area contributed by atoms with Crippen molar-refractivity contribution < 1.29 is 17.6 Å². The van der Waals surface area contributed by atoms with Crippen LogP contribution in [0.15, 0.2) is 70.2 Å². The van der Waals surface area contributed by atoms with Gasteiger partial charge in [0, 0.05) is 19.2 Å². The molecule has 2 aromatic carbocycles. The molecule has 0 aliphatic rings. The molecule has 0 spiro atoms. The van der Waals surface area contributed by atoms with E-state index < -0.39 is 10.0 Å². The van der Waals surface area contributed by atoms with E-state index in [0.29, 0.717) is 16.9 Å². The number of amides is 1. The van der Waals surface area contributed by atoms with Gasteiger partial charge >= 0.3 is 0 Å². The topological polar surface area (TPSA) is 79.6 Å². The highest BCUT2D eigenvalue weighted by Crippen LogP contribution is 2.25. The minimum atomic E-state index is -3.76. The number of aryl methyl sites for hydroxylation is 2. The van der Waals surface area contributed by atoms with Gasteiger partial charge in [0.15, 0.2) is 0 Å². The molecule has 1 aromatic heterocycles. The summed E-state index contributed by atoms with van der Waals surface area (Å²) in [5.74, 6) is 0.368. The van der Waals surface area contributed by atoms with Gasteiger partial charge in [0.2, 0.25) is 10.0 Å². The number of carbonyl (C=O) groups is 1. The number of sulfonamides is 1. The molecule has 0 aliphatic carbocycles. The average molecular weight is 413 g/mol. The van der Waals surface area contributed by atoms with E-state index in [-0.39, 0.29) is 23.9 Å². The minimum Gasteiger partial charge on any atom is -0.468 e. The standard InChI is InChI=1S/C22H24N2O4S/c1-16-6-11-21(17(2)13-16)29(26,27)24(15-20-5-4-12-28-20)14-18-7-9-19(10-8-18)22(25)23-3/h4-13H,14-15H2,1-3H3,(H,23,25). The first-order valence-electron chi connectivity index (χ1n) is 9.22. The predicted octanol–water partition coefficient (Wildman–Crippen LogP) is 3.65. The highest BCUT2D eigenvalue weighted by Gasteiger charge is 2.27. The van der Waals surface area contributed by atoms with Crippen molar-refractivity contribution in [3.63, 3.8) is 0 Å². The fourth-order valence-electron chi connectivity index (χ4n) is 3.14. The number of nitrogens with one attached hydrogen (secondary N) is 1. The summed E-state index contributed by atoms with van der Waals surface area (Å²) in [7, 11) is -2.19. The fraction of sp³-hybridized carbons (Fsp3) is 0.227. The van der Waals surface area contributed by atoms with Crippen molar-refractivity contribution in [1.82, 2.24) is 9.62 Å². The summed E-state index contributed by atoms with van der Waals surface area (Å²) in [6.07, 6.45) is 1.52. The summed E-state index contributed by atoms with van der Waals surface area (Å²) in [5, 5.41) is 2.57. The van der Waals surface area contributed by atoms with Crippen molar-refractivity contribution in [2.45, 2.75) is 31.8 Å². The van der Waals surface area contributed by atoms with E-state index in [9.17, 15) is 13.2 Å². The molecule has 0 atom stereocenters. The maximum absolute atomic E-state index is 13.4. The second kappa shape index (κ2) is 8.63. The molecular weight excluding hydrogens is 388 g/mol. The van der Waals surface area contributed by atoms with E-state index in [4.69, 9.17) is 4.42 Å². The van der Waals surface area contributed by atoms with E-state index in [1.165, 1.54) is 10.6 Å². The van der Waals surface area contributed by atoms with Crippen LogP contribution in [0.3, 0.4) is 0 Å². The lowest BCUT2D eigenvalue weighted by Gasteiger charge is -2.23. The van der Waals surface area contributed by atoms with Gasteiger partial charge in [0.1, 0.15) is 5.76 Å². The Morgan fingerprint density at radius 2 is 1.76 bits per heavy atom. The average Bonchev–Trinajstić information content (AvgIpc) is 3.20. The molecule has 1 amide bonds. The lowest BCUT2D eigenvalue weighted by atomic mass is 10.1. The largest absolute Gasteiger partial charge is 0.468 e. The van der Waals surface area contributed by atoms with Crippen LogP contribution in [0.2, 0.25) is 0 Å². The van der Waals surface area contributed by atoms with Crippen molar-refractivity contribution in [1.29, 1.82) is 0 Å². The number of rotatable bonds is 7. The summed E-state index contributed by atoms with van der Waals surface area (Å²) in [4.78, 5) is 12.0. The van der Waals surface area contributed by atoms with Gasteiger partial charge in [0.25, 0.3) is 5.91 Å². The van der Waals surface area contributed by atoms with E-state index in [0.717, 1.165) is 11.1 Å². The van der Waals surface area contributed by atoms with Gasteiger partial charge in [-0.1, -0.05) is 29.8 Å². The monoisotopic (exact) mass is 412 g/mol. The molecule has 0 saturated carbocycles. The van der Waals surface area contributed by atoms with Crippen LogP contribution in [0.5, 0.6) is 0 Å². The molecule has 7 heteroatoms. The Kier molecular flexibility index (Phi) is 6.20. The van der Waals surface area contributed by atoms with Crippen LogP contribution >= 0.6 is 0 Å². The number of benzene rings is 2. The molecule has 0 fully saturated rings. The van der Waals surface area contributed by atoms with E-state index in [2.05, 4.69) is 5.32 Å². The second-order valence-corrected chi connectivity index (χ2v) is 8.80. The minimum absolute atomic E-state index is 0.111. The molecule has 6 nitrogen and oxygen atoms in total. The van der Waals surface area contributed by atoms with Gasteiger partial charge in [-0.3, -0.25) is 4.79 Å². The first-order chi connectivity index (χ1) is 13.8. The molecule has 0 saturated heterocycles. The van der Waals surface area contributed by atoms with Crippen LogP contribution in [-0.4, -0.2) is 25.7 Å². The molecule has 0 unspecified atom stereocenters. The summed E-state index contributed by atoms with van der Waals surface area (Å²) >= 11 is 0. The Balaban J connectivity index is 1.95. The lowest BCUT2D eigenvalue weighted by Crippen LogP contribution is -2.30. The molecule has 1 heterocycles. The van der Waals surface area contributed by atoms with Gasteiger partial charge in [0.05, 0.1) is 17.7 Å². The molecule has 29 heavy (non-hydrogen) atoms. The van der Waals surface area contributed by atoms with E-state index >= 15 is 0 Å². The zero-order valence-electron chi connectivity index (χ0n) is 16.7. The van der Waals surface area contributed by atoms with Gasteiger partial charge in [-0.25, -0.2) is 8.42 Å². The predicted molar refractivity (Wildman–Crippen MR) is 111 cm³/mol. The fourth-order valence-corrected chi connectivity index (χ4v) is 4.74. The summed E-state index contributed by atoms with van der Waals surface area (Å²) in [5.41, 5.74) is 3.00. The molecule has 1 N–H and O–H groups in total. The maximum Gasteiger partial charge on any atom is 0.251 e. The van der Waals surface area contributed by atoms with Crippen LogP contribution in [0.1, 0.15) is 32.8 Å². The molecular formula is C22H24N2O4S. The van der Waals surface area contributed by atoms with Crippen LogP contribution in [0.4, 0.5) is 0 Å². The summed E-state index contributed by atoms with van der Waals surface area (Å²) < 4.78 is 33.6. The Hall–Kier alpha value is -2.90. The van der Waals surface area contributed by atoms with Crippen molar-refractivity contribution in [2.24, 2.45) is 0 Å². The third-order valence-corrected chi connectivity index (χ3v) is 6.61. The quantitative estimate of drug-likeness (QED) is 0.642. The number of hydrogen-bond acceptors (Lipinski definition) is 4. The van der Waals surface area contributed by atoms with Crippen LogP contribution in [-0.2, 0) is 23.1 Å². The Labute approximate surface area is 171 Å². The van der Waals surface area contributed by atoms with Gasteiger partial charge < -0.3 is 9.73 Å². The van der Waals surface area contributed by atoms with Crippen molar-refractivity contribution in [2.75, 3.05) is 7.05 Å². The van der Waals surface area contributed by atoms with Crippen LogP contribution < -0.4 is 5.32 Å². The van der Waals surface area contributed by atoms with Crippen LogP contribution in [0.25, 0.3) is 0 Å². The highest BCUT2D eigenvalue weighted by molar-refractivity contribution is 7.89. The summed E-state index contributed by atoms with van der Waals surface area (Å²) in [6, 6.07) is 15.7. The first kappa shape index (κ1) is 20.8. The maximum atomic E-state index is 13.4. The zero-order valence-corrected chi connectivity index (χ0v) is 17.5. The Morgan fingerprint density at radius 1 is 1.03 bits per heavy atom. The van der Waals surface area contributed by atoms with Crippen molar-refractivity contribution in [3.8, 4) is 0 Å². The molecule has 0 aliphatic heterocycles. The number of furan rings is 1. The second-order valence-electron chi connectivity index (χ2n) is 6.90. The number of hydrogen-bond donors (Lipinski definition) is 1. The van der Waals surface area contributed by atoms with Gasteiger partial charge in [-0.05, 0) is 55.3 Å². The Morgan fingerprint density at radius 3 is 2.34 bits per heavy atom. The van der Waals surface area contributed by atoms with Crippen molar-refractivity contribution in [3.05, 3.63) is 88.9 Å². The third kappa shape index (κ3) is 4.75. The smallest absolute Gasteiger partial charge is 0.251 e. The Bertz CT molecular complexity index is 1090. The van der Waals surface area contributed by atoms with Crippen molar-refractivity contribution >= 4 is 15.9 Å². The molecule has 152 valence electrons. The zero-order chi connectivity index (χ0) is 21.0. The van der Waals surface area contributed by atoms with E-state index in [1.54, 1.807) is 62.5 Å². The third-order valence-electron chi connectivity index (χ3n) is 4.66. The van der Waals surface area contributed by atoms with Gasteiger partial charge in [-0.15, -0.1) is 0 Å². The normalized spacial score (nSPS) is 11.6. The lowest BCUT2D eigenvalue weighted by molar-refractivity contribution is 0.0963. The molecule has 3 aromatic rings. The number of carbonyl (C=O) groups excluding carboxylic acids is 1. The summed E-state index contributed by atoms with van der Waals surface area (Å²) in [6.45, 7) is 3.99. The van der Waals surface area contributed by atoms with Crippen LogP contribution in [0, 0.1) is 13.8 Å².